The smallest absolute Gasteiger partial charge is 0.231 e. The van der Waals surface area contributed by atoms with Crippen molar-refractivity contribution in [3.63, 3.8) is 0 Å². The molecule has 0 bridgehead atoms. The van der Waals surface area contributed by atoms with Gasteiger partial charge in [-0.1, -0.05) is 12.1 Å². The van der Waals surface area contributed by atoms with Crippen LogP contribution in [0.15, 0.2) is 42.5 Å². The molecule has 0 aliphatic carbocycles. The van der Waals surface area contributed by atoms with E-state index < -0.39 is 0 Å². The number of amides is 2. The highest BCUT2D eigenvalue weighted by Crippen LogP contribution is 2.34. The van der Waals surface area contributed by atoms with E-state index in [1.54, 1.807) is 18.2 Å². The van der Waals surface area contributed by atoms with Gasteiger partial charge in [-0.15, -0.1) is 0 Å². The van der Waals surface area contributed by atoms with E-state index in [9.17, 15) is 9.59 Å². The first-order chi connectivity index (χ1) is 16.1. The molecule has 0 atom stereocenters. The highest BCUT2D eigenvalue weighted by atomic mass is 16.7. The molecular weight excluding hydrogens is 424 g/mol. The third-order valence-corrected chi connectivity index (χ3v) is 5.80. The Morgan fingerprint density at radius 3 is 2.52 bits per heavy atom. The molecule has 0 radical (unpaired) electrons. The zero-order valence-electron chi connectivity index (χ0n) is 18.9. The Hall–Kier alpha value is -3.42. The molecule has 8 heteroatoms. The number of ether oxygens (including phenoxy) is 4. The van der Waals surface area contributed by atoms with E-state index in [0.29, 0.717) is 80.7 Å². The van der Waals surface area contributed by atoms with Crippen molar-refractivity contribution in [2.75, 3.05) is 38.4 Å². The second kappa shape index (κ2) is 10.9. The minimum Gasteiger partial charge on any atom is -0.490 e. The average molecular weight is 455 g/mol. The number of benzene rings is 2. The van der Waals surface area contributed by atoms with Gasteiger partial charge in [0.05, 0.1) is 13.2 Å². The van der Waals surface area contributed by atoms with Gasteiger partial charge in [-0.05, 0) is 50.5 Å². The zero-order chi connectivity index (χ0) is 23.0. The van der Waals surface area contributed by atoms with E-state index >= 15 is 0 Å². The Labute approximate surface area is 193 Å². The lowest BCUT2D eigenvalue weighted by Gasteiger charge is -2.31. The van der Waals surface area contributed by atoms with Crippen molar-refractivity contribution < 1.29 is 28.5 Å². The van der Waals surface area contributed by atoms with Crippen LogP contribution in [0.3, 0.4) is 0 Å². The first-order valence-electron chi connectivity index (χ1n) is 11.5. The topological polar surface area (TPSA) is 86.3 Å². The highest BCUT2D eigenvalue weighted by Gasteiger charge is 2.27. The number of hydrogen-bond donors (Lipinski definition) is 1. The minimum atomic E-state index is -0.113. The van der Waals surface area contributed by atoms with Gasteiger partial charge in [0.2, 0.25) is 18.6 Å². The van der Waals surface area contributed by atoms with Gasteiger partial charge in [0.1, 0.15) is 0 Å². The number of carbonyl (C=O) groups excluding carboxylic acids is 2. The Morgan fingerprint density at radius 2 is 1.76 bits per heavy atom. The van der Waals surface area contributed by atoms with E-state index in [4.69, 9.17) is 18.9 Å². The summed E-state index contributed by atoms with van der Waals surface area (Å²) in [5, 5.41) is 2.95. The van der Waals surface area contributed by atoms with Crippen LogP contribution in [0.1, 0.15) is 32.6 Å². The molecule has 4 rings (SSSR count). The Kier molecular flexibility index (Phi) is 7.55. The van der Waals surface area contributed by atoms with Gasteiger partial charge >= 0.3 is 0 Å². The molecule has 1 fully saturated rings. The summed E-state index contributed by atoms with van der Waals surface area (Å²) in [5.74, 6) is 2.70. The number of nitrogens with one attached hydrogen (secondary N) is 1. The van der Waals surface area contributed by atoms with Crippen LogP contribution < -0.4 is 24.3 Å². The third kappa shape index (κ3) is 5.88. The van der Waals surface area contributed by atoms with Crippen LogP contribution in [0, 0.1) is 5.92 Å². The summed E-state index contributed by atoms with van der Waals surface area (Å²) in [6.45, 7) is 4.33. The number of fused-ring (bicyclic) bond motifs is 1. The van der Waals surface area contributed by atoms with E-state index in [0.717, 1.165) is 0 Å². The maximum absolute atomic E-state index is 12.7. The van der Waals surface area contributed by atoms with E-state index in [-0.39, 0.29) is 24.5 Å². The van der Waals surface area contributed by atoms with Crippen LogP contribution in [0.2, 0.25) is 0 Å². The van der Waals surface area contributed by atoms with Crippen LogP contribution in [-0.2, 0) is 9.59 Å². The Bertz CT molecular complexity index is 971. The largest absolute Gasteiger partial charge is 0.490 e. The van der Waals surface area contributed by atoms with Gasteiger partial charge in [0.25, 0.3) is 0 Å². The molecule has 176 valence electrons. The second-order valence-electron chi connectivity index (χ2n) is 8.04. The summed E-state index contributed by atoms with van der Waals surface area (Å²) in [7, 11) is 0. The van der Waals surface area contributed by atoms with Crippen LogP contribution in [0.4, 0.5) is 5.69 Å². The molecular formula is C25H30N2O6. The molecule has 0 unspecified atom stereocenters. The van der Waals surface area contributed by atoms with Gasteiger partial charge < -0.3 is 29.2 Å². The lowest BCUT2D eigenvalue weighted by molar-refractivity contribution is -0.134. The third-order valence-electron chi connectivity index (χ3n) is 5.80. The number of carbonyl (C=O) groups is 2. The SMILES string of the molecule is CCOc1ccccc1OCCCC(=O)N1CCC(C(=O)Nc2ccc3c(c2)OCO3)CC1. The maximum Gasteiger partial charge on any atom is 0.231 e. The number of para-hydroxylation sites is 2. The summed E-state index contributed by atoms with van der Waals surface area (Å²) in [6, 6.07) is 12.9. The number of likely N-dealkylation sites (tertiary alicyclic amines) is 1. The first-order valence-corrected chi connectivity index (χ1v) is 11.5. The molecule has 1 saturated heterocycles. The highest BCUT2D eigenvalue weighted by molar-refractivity contribution is 5.93. The van der Waals surface area contributed by atoms with Crippen molar-refractivity contribution in [1.82, 2.24) is 4.90 Å². The van der Waals surface area contributed by atoms with Crippen LogP contribution >= 0.6 is 0 Å². The number of anilines is 1. The van der Waals surface area contributed by atoms with Gasteiger partial charge in [-0.25, -0.2) is 0 Å². The standard InChI is InChI=1S/C25H30N2O6/c1-2-30-20-6-3-4-7-21(20)31-15-5-8-24(28)27-13-11-18(12-14-27)25(29)26-19-9-10-22-23(16-19)33-17-32-22/h3-4,6-7,9-10,16,18H,2,5,8,11-15,17H2,1H3,(H,26,29). The van der Waals surface area contributed by atoms with Gasteiger partial charge in [0, 0.05) is 37.2 Å². The fourth-order valence-corrected chi connectivity index (χ4v) is 4.02. The molecule has 0 spiro atoms. The predicted molar refractivity (Wildman–Crippen MR) is 123 cm³/mol. The second-order valence-corrected chi connectivity index (χ2v) is 8.04. The van der Waals surface area contributed by atoms with Crippen LogP contribution in [0.25, 0.3) is 0 Å². The van der Waals surface area contributed by atoms with Crippen molar-refractivity contribution in [3.8, 4) is 23.0 Å². The maximum atomic E-state index is 12.7. The molecule has 2 heterocycles. The van der Waals surface area contributed by atoms with Crippen molar-refractivity contribution in [2.24, 2.45) is 5.92 Å². The lowest BCUT2D eigenvalue weighted by Crippen LogP contribution is -2.41. The van der Waals surface area contributed by atoms with Crippen LogP contribution in [-0.4, -0.2) is 49.8 Å². The van der Waals surface area contributed by atoms with Crippen molar-refractivity contribution in [3.05, 3.63) is 42.5 Å². The Balaban J connectivity index is 1.16. The molecule has 2 aromatic rings. The monoisotopic (exact) mass is 454 g/mol. The summed E-state index contributed by atoms with van der Waals surface area (Å²) in [5.41, 5.74) is 0.689. The number of hydrogen-bond acceptors (Lipinski definition) is 6. The van der Waals surface area contributed by atoms with Crippen molar-refractivity contribution >= 4 is 17.5 Å². The van der Waals surface area contributed by atoms with Gasteiger partial charge in [0.15, 0.2) is 23.0 Å². The molecule has 2 aromatic carbocycles. The van der Waals surface area contributed by atoms with E-state index in [2.05, 4.69) is 5.32 Å². The Morgan fingerprint density at radius 1 is 1.03 bits per heavy atom. The zero-order valence-corrected chi connectivity index (χ0v) is 18.9. The molecule has 2 amide bonds. The van der Waals surface area contributed by atoms with Crippen molar-refractivity contribution in [2.45, 2.75) is 32.6 Å². The number of piperidine rings is 1. The summed E-state index contributed by atoms with van der Waals surface area (Å²) in [6.07, 6.45) is 2.36. The lowest BCUT2D eigenvalue weighted by atomic mass is 9.95. The number of nitrogens with zero attached hydrogens (tertiary/aromatic N) is 1. The molecule has 1 N–H and O–H groups in total. The summed E-state index contributed by atoms with van der Waals surface area (Å²) >= 11 is 0. The van der Waals surface area contributed by atoms with E-state index in [1.807, 2.05) is 36.1 Å². The first kappa shape index (κ1) is 22.8. The van der Waals surface area contributed by atoms with E-state index in [1.165, 1.54) is 0 Å². The number of rotatable bonds is 9. The quantitative estimate of drug-likeness (QED) is 0.579. The summed E-state index contributed by atoms with van der Waals surface area (Å²) in [4.78, 5) is 27.1. The predicted octanol–water partition coefficient (Wildman–Crippen LogP) is 3.85. The van der Waals surface area contributed by atoms with Gasteiger partial charge in [-0.3, -0.25) is 9.59 Å². The molecule has 8 nitrogen and oxygen atoms in total. The van der Waals surface area contributed by atoms with Crippen molar-refractivity contribution in [1.29, 1.82) is 0 Å². The normalized spacial score (nSPS) is 15.2. The molecule has 2 aliphatic heterocycles. The molecule has 0 aromatic heterocycles. The fraction of sp³-hybridized carbons (Fsp3) is 0.440. The average Bonchev–Trinajstić information content (AvgIpc) is 3.31. The minimum absolute atomic E-state index is 0.0256. The molecule has 0 saturated carbocycles. The summed E-state index contributed by atoms with van der Waals surface area (Å²) < 4.78 is 22.0. The van der Waals surface area contributed by atoms with Gasteiger partial charge in [-0.2, -0.15) is 0 Å². The molecule has 33 heavy (non-hydrogen) atoms. The fourth-order valence-electron chi connectivity index (χ4n) is 4.02. The molecule has 2 aliphatic rings. The van der Waals surface area contributed by atoms with Crippen LogP contribution in [0.5, 0.6) is 23.0 Å².